The molecule has 0 bridgehead atoms. The van der Waals surface area contributed by atoms with Crippen LogP contribution in [-0.4, -0.2) is 81.1 Å². The molecule has 2 saturated carbocycles. The van der Waals surface area contributed by atoms with Crippen LogP contribution in [0.5, 0.6) is 5.75 Å². The molecule has 5 rings (SSSR count). The van der Waals surface area contributed by atoms with Gasteiger partial charge < -0.3 is 21.1 Å². The number of nitrogens with two attached hydrogens (primary N) is 1. The number of aliphatic hydroxyl groups excluding tert-OH is 1. The topological polar surface area (TPSA) is 175 Å². The molecule has 3 aliphatic carbocycles. The van der Waals surface area contributed by atoms with Gasteiger partial charge in [-0.3, -0.25) is 28.9 Å². The number of Topliss-reactive ketones (excluding diaryl/α,β-unsaturated/α-hetero) is 4. The molecule has 198 valence electrons. The normalized spacial score (nSPS) is 32.6. The van der Waals surface area contributed by atoms with Gasteiger partial charge in [-0.15, -0.1) is 0 Å². The first kappa shape index (κ1) is 25.8. The van der Waals surface area contributed by atoms with Crippen molar-refractivity contribution in [3.05, 3.63) is 53.3 Å². The minimum atomic E-state index is -3.04. The van der Waals surface area contributed by atoms with Crippen LogP contribution in [0.25, 0.3) is 11.1 Å². The van der Waals surface area contributed by atoms with Crippen molar-refractivity contribution < 1.29 is 43.7 Å². The van der Waals surface area contributed by atoms with Gasteiger partial charge in [0.1, 0.15) is 11.6 Å². The number of fused-ring (bicyclic) bond motifs is 3. The molecular weight excluding hydrogens is 499 g/mol. The van der Waals surface area contributed by atoms with Crippen LogP contribution < -0.4 is 5.73 Å². The lowest BCUT2D eigenvalue weighted by molar-refractivity contribution is -0.195. The number of phenolic OH excluding ortho intramolecular Hbond substituents is 1. The van der Waals surface area contributed by atoms with Crippen LogP contribution in [0.2, 0.25) is 0 Å². The van der Waals surface area contributed by atoms with E-state index in [1.165, 1.54) is 49.3 Å². The SMILES string of the molecule is CN(C)[C@H]1C(=O)C(C(N)=O)C(=O)[C@]2(O)C(=O)C3C(=O)c4c(ccc(-c5ccc(F)cc5)c4O)C[C@@H]3[C@@H](O)[C@H]12. The molecule has 0 aromatic heterocycles. The van der Waals surface area contributed by atoms with E-state index in [-0.39, 0.29) is 17.5 Å². The second kappa shape index (κ2) is 8.62. The lowest BCUT2D eigenvalue weighted by atomic mass is 9.51. The number of carbonyl (C=O) groups is 5. The highest BCUT2D eigenvalue weighted by Crippen LogP contribution is 2.51. The number of rotatable bonds is 3. The van der Waals surface area contributed by atoms with Crippen molar-refractivity contribution in [2.45, 2.75) is 24.2 Å². The number of primary amides is 1. The average molecular weight is 525 g/mol. The summed E-state index contributed by atoms with van der Waals surface area (Å²) in [6.45, 7) is 0. The van der Waals surface area contributed by atoms with Gasteiger partial charge in [-0.2, -0.15) is 0 Å². The number of benzene rings is 2. The fourth-order valence-electron chi connectivity index (χ4n) is 6.45. The van der Waals surface area contributed by atoms with E-state index in [4.69, 9.17) is 5.73 Å². The molecule has 2 aromatic carbocycles. The Kier molecular flexibility index (Phi) is 5.86. The number of hydrogen-bond acceptors (Lipinski definition) is 9. The van der Waals surface area contributed by atoms with Crippen molar-refractivity contribution in [3.63, 3.8) is 0 Å². The summed E-state index contributed by atoms with van der Waals surface area (Å²) in [5.41, 5.74) is 2.94. The molecule has 1 amide bonds. The van der Waals surface area contributed by atoms with E-state index in [9.17, 15) is 43.7 Å². The van der Waals surface area contributed by atoms with Crippen molar-refractivity contribution in [2.24, 2.45) is 29.4 Å². The molecule has 7 atom stereocenters. The van der Waals surface area contributed by atoms with Gasteiger partial charge in [-0.05, 0) is 43.8 Å². The van der Waals surface area contributed by atoms with E-state index >= 15 is 0 Å². The molecule has 2 aromatic rings. The van der Waals surface area contributed by atoms with E-state index < -0.39 is 82.0 Å². The van der Waals surface area contributed by atoms with Crippen LogP contribution in [0.1, 0.15) is 15.9 Å². The highest BCUT2D eigenvalue weighted by Gasteiger charge is 2.72. The van der Waals surface area contributed by atoms with E-state index in [0.29, 0.717) is 11.1 Å². The van der Waals surface area contributed by atoms with Gasteiger partial charge in [0, 0.05) is 11.5 Å². The molecule has 0 heterocycles. The number of amides is 1. The smallest absolute Gasteiger partial charge is 0.235 e. The highest BCUT2D eigenvalue weighted by molar-refractivity contribution is 6.32. The molecule has 38 heavy (non-hydrogen) atoms. The Morgan fingerprint density at radius 1 is 1.05 bits per heavy atom. The largest absolute Gasteiger partial charge is 0.507 e. The lowest BCUT2D eigenvalue weighted by Gasteiger charge is -2.54. The van der Waals surface area contributed by atoms with Crippen LogP contribution >= 0.6 is 0 Å². The van der Waals surface area contributed by atoms with Crippen LogP contribution in [0.15, 0.2) is 36.4 Å². The number of carbonyl (C=O) groups excluding carboxylic acids is 5. The quantitative estimate of drug-likeness (QED) is 0.391. The van der Waals surface area contributed by atoms with E-state index in [0.717, 1.165) is 0 Å². The van der Waals surface area contributed by atoms with Gasteiger partial charge >= 0.3 is 0 Å². The average Bonchev–Trinajstić information content (AvgIpc) is 2.84. The molecule has 0 spiro atoms. The fourth-order valence-corrected chi connectivity index (χ4v) is 6.45. The van der Waals surface area contributed by atoms with Crippen molar-refractivity contribution in [1.29, 1.82) is 0 Å². The van der Waals surface area contributed by atoms with Crippen molar-refractivity contribution in [2.75, 3.05) is 14.1 Å². The fraction of sp³-hybridized carbons (Fsp3) is 0.370. The molecule has 2 fully saturated rings. The van der Waals surface area contributed by atoms with E-state index in [1.807, 2.05) is 0 Å². The Bertz CT molecular complexity index is 1420. The Morgan fingerprint density at radius 2 is 1.68 bits per heavy atom. The first-order valence-electron chi connectivity index (χ1n) is 12.0. The van der Waals surface area contributed by atoms with Gasteiger partial charge in [-0.1, -0.05) is 24.3 Å². The number of nitrogens with zero attached hydrogens (tertiary/aromatic N) is 1. The van der Waals surface area contributed by atoms with Gasteiger partial charge in [0.25, 0.3) is 0 Å². The second-order valence-corrected chi connectivity index (χ2v) is 10.4. The zero-order chi connectivity index (χ0) is 27.8. The van der Waals surface area contributed by atoms with Crippen LogP contribution in [0, 0.1) is 29.5 Å². The van der Waals surface area contributed by atoms with Gasteiger partial charge in [-0.25, -0.2) is 4.39 Å². The predicted molar refractivity (Wildman–Crippen MR) is 128 cm³/mol. The number of aliphatic hydroxyl groups is 2. The Morgan fingerprint density at radius 3 is 2.26 bits per heavy atom. The number of halogens is 1. The van der Waals surface area contributed by atoms with Crippen LogP contribution in [0.3, 0.4) is 0 Å². The molecular formula is C27H25FN2O8. The van der Waals surface area contributed by atoms with E-state index in [1.54, 1.807) is 6.07 Å². The summed E-state index contributed by atoms with van der Waals surface area (Å²) < 4.78 is 13.4. The number of hydrogen-bond donors (Lipinski definition) is 4. The summed E-state index contributed by atoms with van der Waals surface area (Å²) in [5, 5.41) is 34.1. The molecule has 10 nitrogen and oxygen atoms in total. The zero-order valence-corrected chi connectivity index (χ0v) is 20.4. The Hall–Kier alpha value is -3.80. The number of phenols is 1. The number of ketones is 4. The third kappa shape index (κ3) is 3.32. The highest BCUT2D eigenvalue weighted by atomic mass is 19.1. The summed E-state index contributed by atoms with van der Waals surface area (Å²) in [4.78, 5) is 67.3. The first-order chi connectivity index (χ1) is 17.8. The van der Waals surface area contributed by atoms with Crippen molar-refractivity contribution in [3.8, 4) is 16.9 Å². The van der Waals surface area contributed by atoms with Crippen LogP contribution in [0.4, 0.5) is 4.39 Å². The minimum absolute atomic E-state index is 0.0791. The van der Waals surface area contributed by atoms with Crippen LogP contribution in [-0.2, 0) is 25.6 Å². The third-order valence-corrected chi connectivity index (χ3v) is 8.17. The zero-order valence-electron chi connectivity index (χ0n) is 20.4. The molecule has 5 N–H and O–H groups in total. The Balaban J connectivity index is 1.66. The summed E-state index contributed by atoms with van der Waals surface area (Å²) in [6, 6.07) is 6.81. The Labute approximate surface area is 215 Å². The minimum Gasteiger partial charge on any atom is -0.507 e. The molecule has 0 aliphatic heterocycles. The van der Waals surface area contributed by atoms with Crippen molar-refractivity contribution in [1.82, 2.24) is 4.90 Å². The predicted octanol–water partition coefficient (Wildman–Crippen LogP) is -0.356. The monoisotopic (exact) mass is 524 g/mol. The van der Waals surface area contributed by atoms with Gasteiger partial charge in [0.15, 0.2) is 34.7 Å². The van der Waals surface area contributed by atoms with E-state index in [2.05, 4.69) is 0 Å². The molecule has 11 heteroatoms. The first-order valence-corrected chi connectivity index (χ1v) is 12.0. The summed E-state index contributed by atoms with van der Waals surface area (Å²) in [6.07, 6.45) is -1.75. The maximum atomic E-state index is 13.8. The molecule has 2 unspecified atom stereocenters. The summed E-state index contributed by atoms with van der Waals surface area (Å²) in [7, 11) is 2.85. The summed E-state index contributed by atoms with van der Waals surface area (Å²) >= 11 is 0. The number of likely N-dealkylation sites (N-methyl/N-ethyl adjacent to an activating group) is 1. The lowest BCUT2D eigenvalue weighted by Crippen LogP contribution is -2.77. The third-order valence-electron chi connectivity index (χ3n) is 8.17. The maximum Gasteiger partial charge on any atom is 0.235 e. The van der Waals surface area contributed by atoms with Crippen molar-refractivity contribution >= 4 is 29.0 Å². The summed E-state index contributed by atoms with van der Waals surface area (Å²) in [5.74, 6) is -13.6. The molecule has 3 aliphatic rings. The standard InChI is InChI=1S/C27H25FN2O8/c1-30(2)19-18-21(32)14-9-11-5-8-13(10-3-6-12(28)7-4-10)20(31)15(11)22(33)16(14)24(35)27(18,38)25(36)17(23(19)34)26(29)37/h3-8,14,16-19,21,31-32,38H,9H2,1-2H3,(H2,29,37)/t14-,16?,17?,18-,19+,21+,27+/m0/s1. The maximum absolute atomic E-state index is 13.8. The number of aromatic hydroxyl groups is 1. The molecule has 0 saturated heterocycles. The molecule has 0 radical (unpaired) electrons. The van der Waals surface area contributed by atoms with Gasteiger partial charge in [0.2, 0.25) is 5.91 Å². The second-order valence-electron chi connectivity index (χ2n) is 10.4. The van der Waals surface area contributed by atoms with Gasteiger partial charge in [0.05, 0.1) is 29.5 Å².